The number of halogens is 2. The molecule has 2 aromatic carbocycles. The highest BCUT2D eigenvalue weighted by molar-refractivity contribution is 6.40. The maximum atomic E-state index is 12.0. The lowest BCUT2D eigenvalue weighted by Crippen LogP contribution is -1.96. The minimum absolute atomic E-state index is 0.200. The van der Waals surface area contributed by atoms with Gasteiger partial charge in [-0.3, -0.25) is 4.79 Å². The summed E-state index contributed by atoms with van der Waals surface area (Å²) < 4.78 is 0. The van der Waals surface area contributed by atoms with E-state index in [-0.39, 0.29) is 5.78 Å². The topological polar surface area (TPSA) is 17.1 Å². The summed E-state index contributed by atoms with van der Waals surface area (Å²) in [6.45, 7) is 0. The van der Waals surface area contributed by atoms with E-state index in [9.17, 15) is 4.79 Å². The summed E-state index contributed by atoms with van der Waals surface area (Å²) in [4.78, 5) is 12.0. The van der Waals surface area contributed by atoms with Crippen molar-refractivity contribution in [2.45, 2.75) is 0 Å². The van der Waals surface area contributed by atoms with Crippen molar-refractivity contribution in [2.24, 2.45) is 0 Å². The number of hydrogen-bond donors (Lipinski definition) is 0. The van der Waals surface area contributed by atoms with E-state index in [1.165, 1.54) is 6.08 Å². The van der Waals surface area contributed by atoms with Crippen LogP contribution in [0.25, 0.3) is 6.08 Å². The number of hydrogen-bond acceptors (Lipinski definition) is 1. The van der Waals surface area contributed by atoms with E-state index >= 15 is 0 Å². The van der Waals surface area contributed by atoms with E-state index in [0.29, 0.717) is 15.6 Å². The fourth-order valence-electron chi connectivity index (χ4n) is 1.55. The van der Waals surface area contributed by atoms with E-state index in [0.717, 1.165) is 5.56 Å². The van der Waals surface area contributed by atoms with Gasteiger partial charge in [0, 0.05) is 0 Å². The molecule has 0 N–H and O–H groups in total. The molecule has 0 saturated carbocycles. The average molecular weight is 277 g/mol. The lowest BCUT2D eigenvalue weighted by molar-refractivity contribution is 0.104. The van der Waals surface area contributed by atoms with Crippen LogP contribution in [-0.4, -0.2) is 5.78 Å². The molecule has 1 nitrogen and oxygen atoms in total. The first-order valence-corrected chi connectivity index (χ1v) is 6.15. The summed E-state index contributed by atoms with van der Waals surface area (Å²) in [5.41, 5.74) is 1.29. The van der Waals surface area contributed by atoms with Crippen LogP contribution >= 0.6 is 23.2 Å². The maximum Gasteiger partial charge on any atom is 0.188 e. The summed E-state index contributed by atoms with van der Waals surface area (Å²) in [5.74, 6) is -0.200. The molecule has 0 amide bonds. The SMILES string of the molecule is O=C(C=Cc1ccccc1)c1c(Cl)cccc1Cl. The van der Waals surface area contributed by atoms with Gasteiger partial charge in [0.05, 0.1) is 15.6 Å². The fourth-order valence-corrected chi connectivity index (χ4v) is 2.14. The summed E-state index contributed by atoms with van der Waals surface area (Å²) in [5, 5.41) is 0.732. The van der Waals surface area contributed by atoms with Crippen molar-refractivity contribution < 1.29 is 4.79 Å². The molecule has 0 aliphatic heterocycles. The molecule has 2 aromatic rings. The van der Waals surface area contributed by atoms with Crippen molar-refractivity contribution in [3.63, 3.8) is 0 Å². The standard InChI is InChI=1S/C15H10Cl2O/c16-12-7-4-8-13(17)15(12)14(18)10-9-11-5-2-1-3-6-11/h1-10H. The van der Waals surface area contributed by atoms with Gasteiger partial charge in [0.15, 0.2) is 5.78 Å². The third-order valence-corrected chi connectivity index (χ3v) is 3.07. The van der Waals surface area contributed by atoms with Crippen molar-refractivity contribution in [3.05, 3.63) is 75.8 Å². The van der Waals surface area contributed by atoms with Crippen LogP contribution in [0.3, 0.4) is 0 Å². The molecular formula is C15H10Cl2O. The summed E-state index contributed by atoms with van der Waals surface area (Å²) in [6, 6.07) is 14.6. The van der Waals surface area contributed by atoms with Crippen molar-refractivity contribution >= 4 is 35.1 Å². The number of carbonyl (C=O) groups excluding carboxylic acids is 1. The first-order chi connectivity index (χ1) is 8.68. The third-order valence-electron chi connectivity index (χ3n) is 2.44. The van der Waals surface area contributed by atoms with Gasteiger partial charge >= 0.3 is 0 Å². The van der Waals surface area contributed by atoms with Gasteiger partial charge < -0.3 is 0 Å². The molecule has 0 aliphatic carbocycles. The summed E-state index contributed by atoms with van der Waals surface area (Å²) in [7, 11) is 0. The molecule has 0 spiro atoms. The highest BCUT2D eigenvalue weighted by Gasteiger charge is 2.11. The van der Waals surface area contributed by atoms with Crippen molar-refractivity contribution in [3.8, 4) is 0 Å². The van der Waals surface area contributed by atoms with E-state index in [1.807, 2.05) is 30.3 Å². The molecule has 0 bridgehead atoms. The number of benzene rings is 2. The second-order valence-electron chi connectivity index (χ2n) is 3.70. The minimum Gasteiger partial charge on any atom is -0.289 e. The van der Waals surface area contributed by atoms with Gasteiger partial charge in [0.2, 0.25) is 0 Å². The van der Waals surface area contributed by atoms with Gasteiger partial charge in [-0.2, -0.15) is 0 Å². The number of carbonyl (C=O) groups is 1. The summed E-state index contributed by atoms with van der Waals surface area (Å²) in [6.07, 6.45) is 3.21. The zero-order valence-corrected chi connectivity index (χ0v) is 10.9. The second-order valence-corrected chi connectivity index (χ2v) is 4.52. The van der Waals surface area contributed by atoms with Crippen LogP contribution in [0.4, 0.5) is 0 Å². The van der Waals surface area contributed by atoms with Crippen molar-refractivity contribution in [1.82, 2.24) is 0 Å². The summed E-state index contributed by atoms with van der Waals surface area (Å²) >= 11 is 11.9. The van der Waals surface area contributed by atoms with Gasteiger partial charge in [0.1, 0.15) is 0 Å². The smallest absolute Gasteiger partial charge is 0.188 e. The Morgan fingerprint density at radius 3 is 2.11 bits per heavy atom. The van der Waals surface area contributed by atoms with E-state index < -0.39 is 0 Å². The van der Waals surface area contributed by atoms with E-state index in [4.69, 9.17) is 23.2 Å². The van der Waals surface area contributed by atoms with Crippen molar-refractivity contribution in [1.29, 1.82) is 0 Å². The van der Waals surface area contributed by atoms with Gasteiger partial charge in [-0.05, 0) is 23.8 Å². The average Bonchev–Trinajstić information content (AvgIpc) is 2.37. The Labute approximate surface area is 116 Å². The molecule has 0 aromatic heterocycles. The van der Waals surface area contributed by atoms with E-state index in [2.05, 4.69) is 0 Å². The second kappa shape index (κ2) is 5.85. The van der Waals surface area contributed by atoms with Crippen LogP contribution < -0.4 is 0 Å². The predicted octanol–water partition coefficient (Wildman–Crippen LogP) is 4.89. The first-order valence-electron chi connectivity index (χ1n) is 5.40. The molecule has 0 saturated heterocycles. The van der Waals surface area contributed by atoms with Gasteiger partial charge in [0.25, 0.3) is 0 Å². The Balaban J connectivity index is 2.26. The molecule has 0 unspecified atom stereocenters. The van der Waals surface area contributed by atoms with Gasteiger partial charge in [-0.25, -0.2) is 0 Å². The normalized spacial score (nSPS) is 10.8. The van der Waals surface area contributed by atoms with Crippen LogP contribution in [-0.2, 0) is 0 Å². The molecule has 2 rings (SSSR count). The molecule has 0 aliphatic rings. The molecule has 0 fully saturated rings. The van der Waals surface area contributed by atoms with Crippen LogP contribution in [0.15, 0.2) is 54.6 Å². The number of rotatable bonds is 3. The Bertz CT molecular complexity index is 568. The minimum atomic E-state index is -0.200. The van der Waals surface area contributed by atoms with E-state index in [1.54, 1.807) is 24.3 Å². The van der Waals surface area contributed by atoms with Crippen LogP contribution in [0.2, 0.25) is 10.0 Å². The monoisotopic (exact) mass is 276 g/mol. The lowest BCUT2D eigenvalue weighted by atomic mass is 10.1. The molecule has 0 atom stereocenters. The largest absolute Gasteiger partial charge is 0.289 e. The number of ketones is 1. The highest BCUT2D eigenvalue weighted by Crippen LogP contribution is 2.25. The zero-order valence-electron chi connectivity index (χ0n) is 9.44. The Hall–Kier alpha value is -1.57. The number of allylic oxidation sites excluding steroid dienone is 1. The van der Waals surface area contributed by atoms with Crippen LogP contribution in [0.1, 0.15) is 15.9 Å². The van der Waals surface area contributed by atoms with Crippen molar-refractivity contribution in [2.75, 3.05) is 0 Å². The predicted molar refractivity (Wildman–Crippen MR) is 76.3 cm³/mol. The molecule has 0 radical (unpaired) electrons. The molecular weight excluding hydrogens is 267 g/mol. The lowest BCUT2D eigenvalue weighted by Gasteiger charge is -2.02. The molecule has 90 valence electrons. The van der Waals surface area contributed by atoms with Gasteiger partial charge in [-0.15, -0.1) is 0 Å². The van der Waals surface area contributed by atoms with Gasteiger partial charge in [-0.1, -0.05) is 65.7 Å². The Morgan fingerprint density at radius 1 is 0.889 bits per heavy atom. The first kappa shape index (κ1) is 12.9. The Morgan fingerprint density at radius 2 is 1.50 bits per heavy atom. The molecule has 18 heavy (non-hydrogen) atoms. The van der Waals surface area contributed by atoms with Crippen LogP contribution in [0, 0.1) is 0 Å². The quantitative estimate of drug-likeness (QED) is 0.576. The molecule has 0 heterocycles. The fraction of sp³-hybridized carbons (Fsp3) is 0. The highest BCUT2D eigenvalue weighted by atomic mass is 35.5. The van der Waals surface area contributed by atoms with Crippen LogP contribution in [0.5, 0.6) is 0 Å². The zero-order chi connectivity index (χ0) is 13.0. The Kier molecular flexibility index (Phi) is 4.19. The maximum absolute atomic E-state index is 12.0. The third kappa shape index (κ3) is 3.00. The molecule has 3 heteroatoms.